The van der Waals surface area contributed by atoms with Gasteiger partial charge in [0.2, 0.25) is 0 Å². The molecular weight excluding hydrogens is 389 g/mol. The lowest BCUT2D eigenvalue weighted by molar-refractivity contribution is -0.0559. The molecule has 2 nitrogen and oxygen atoms in total. The Bertz CT molecular complexity index is 506. The van der Waals surface area contributed by atoms with Crippen molar-refractivity contribution in [2.45, 2.75) is 32.7 Å². The molecule has 2 N–H and O–H groups in total. The summed E-state index contributed by atoms with van der Waals surface area (Å²) in [5, 5.41) is 20.6. The van der Waals surface area contributed by atoms with E-state index in [9.17, 15) is 10.2 Å². The predicted molar refractivity (Wildman–Crippen MR) is 80.9 cm³/mol. The maximum Gasteiger partial charge on any atom is 0.166 e. The van der Waals surface area contributed by atoms with Crippen LogP contribution in [0.5, 0.6) is 0 Å². The molecule has 20 heavy (non-hydrogen) atoms. The predicted octanol–water partition coefficient (Wildman–Crippen LogP) is 3.44. The Hall–Kier alpha value is 1.40. The highest BCUT2D eigenvalue weighted by Gasteiger charge is 2.87. The summed E-state index contributed by atoms with van der Waals surface area (Å²) in [4.78, 5) is -2.64. The lowest BCUT2D eigenvalue weighted by Gasteiger charge is -2.42. The van der Waals surface area contributed by atoms with Crippen LogP contribution in [-0.2, 0) is 0 Å². The molecule has 3 saturated carbocycles. The van der Waals surface area contributed by atoms with Crippen molar-refractivity contribution in [3.63, 3.8) is 0 Å². The van der Waals surface area contributed by atoms with Gasteiger partial charge in [0.1, 0.15) is 9.75 Å². The lowest BCUT2D eigenvalue weighted by Crippen LogP contribution is -2.50. The first-order valence-corrected chi connectivity index (χ1v) is 8.56. The Labute approximate surface area is 145 Å². The van der Waals surface area contributed by atoms with Gasteiger partial charge < -0.3 is 10.2 Å². The van der Waals surface area contributed by atoms with Gasteiger partial charge >= 0.3 is 0 Å². The van der Waals surface area contributed by atoms with E-state index in [-0.39, 0.29) is 33.7 Å². The van der Waals surface area contributed by atoms with Gasteiger partial charge in [0.25, 0.3) is 0 Å². The first-order valence-electron chi connectivity index (χ1n) is 6.29. The van der Waals surface area contributed by atoms with Gasteiger partial charge in [0.05, 0.1) is 22.3 Å². The Morgan fingerprint density at radius 1 is 0.800 bits per heavy atom. The fourth-order valence-corrected chi connectivity index (χ4v) is 8.14. The van der Waals surface area contributed by atoms with Crippen LogP contribution in [0.3, 0.4) is 0 Å². The van der Waals surface area contributed by atoms with Crippen molar-refractivity contribution in [2.75, 3.05) is 0 Å². The van der Waals surface area contributed by atoms with Gasteiger partial charge in [-0.2, -0.15) is 0 Å². The van der Waals surface area contributed by atoms with Crippen LogP contribution >= 0.6 is 69.6 Å². The van der Waals surface area contributed by atoms with Crippen molar-refractivity contribution in [1.29, 1.82) is 0 Å². The molecule has 0 saturated heterocycles. The van der Waals surface area contributed by atoms with E-state index in [1.54, 1.807) is 0 Å². The fourth-order valence-electron chi connectivity index (χ4n) is 5.01. The number of hydrogen-bond acceptors (Lipinski definition) is 2. The molecule has 6 unspecified atom stereocenters. The maximum absolute atomic E-state index is 10.2. The van der Waals surface area contributed by atoms with Crippen LogP contribution in [0.2, 0.25) is 0 Å². The number of fused-ring (bicyclic) bond motifs is 9. The lowest BCUT2D eigenvalue weighted by atomic mass is 9.70. The van der Waals surface area contributed by atoms with Gasteiger partial charge in [-0.05, 0) is 30.1 Å². The third-order valence-electron chi connectivity index (χ3n) is 5.75. The first kappa shape index (κ1) is 15.0. The van der Waals surface area contributed by atoms with Crippen molar-refractivity contribution in [1.82, 2.24) is 0 Å². The molecule has 0 radical (unpaired) electrons. The van der Waals surface area contributed by atoms with Crippen LogP contribution in [0.25, 0.3) is 0 Å². The van der Waals surface area contributed by atoms with Gasteiger partial charge in [-0.1, -0.05) is 46.4 Å². The molecule has 8 heteroatoms. The smallest absolute Gasteiger partial charge is 0.166 e. The van der Waals surface area contributed by atoms with E-state index in [0.29, 0.717) is 6.42 Å². The third kappa shape index (κ3) is 1.16. The number of aliphatic hydroxyl groups is 2. The highest BCUT2D eigenvalue weighted by atomic mass is 35.5. The fraction of sp³-hybridized carbons (Fsp3) is 0.833. The highest BCUT2D eigenvalue weighted by molar-refractivity contribution is 6.65. The molecule has 0 amide bonds. The average molecular weight is 399 g/mol. The zero-order valence-corrected chi connectivity index (χ0v) is 14.4. The van der Waals surface area contributed by atoms with E-state index in [4.69, 9.17) is 69.6 Å². The van der Waals surface area contributed by atoms with Gasteiger partial charge in [-0.15, -0.1) is 23.2 Å². The molecule has 0 aromatic carbocycles. The molecular formula is C12H10Cl6O2. The third-order valence-corrected chi connectivity index (χ3v) is 10.0. The zero-order valence-electron chi connectivity index (χ0n) is 9.83. The van der Waals surface area contributed by atoms with E-state index in [2.05, 4.69) is 0 Å². The van der Waals surface area contributed by atoms with Gasteiger partial charge in [0, 0.05) is 0 Å². The van der Waals surface area contributed by atoms with Gasteiger partial charge in [0.15, 0.2) is 4.33 Å². The summed E-state index contributed by atoms with van der Waals surface area (Å²) in [5.41, 5.74) is 0. The standard InChI is InChI=1S/C12H10Cl6O2/c13-8-9(14)11(16)5-3-1-2(6(19)7(3)20)4(5)10(8,15)12(11,17)18/h2-7,19-20H,1H2/t2?,3?,4?,5?,6-,7-,10?,11?/m0/s1. The number of hydrogen-bond donors (Lipinski definition) is 2. The quantitative estimate of drug-likeness (QED) is 0.484. The molecule has 0 aliphatic heterocycles. The molecule has 0 spiro atoms. The molecule has 0 heterocycles. The minimum atomic E-state index is -1.58. The monoisotopic (exact) mass is 396 g/mol. The van der Waals surface area contributed by atoms with Crippen LogP contribution in [0.1, 0.15) is 6.42 Å². The molecule has 8 atom stereocenters. The van der Waals surface area contributed by atoms with Gasteiger partial charge in [-0.25, -0.2) is 0 Å². The Kier molecular flexibility index (Phi) is 2.91. The minimum Gasteiger partial charge on any atom is -0.390 e. The van der Waals surface area contributed by atoms with E-state index >= 15 is 0 Å². The Morgan fingerprint density at radius 2 is 1.15 bits per heavy atom. The van der Waals surface area contributed by atoms with Crippen LogP contribution in [-0.4, -0.2) is 36.5 Å². The summed E-state index contributed by atoms with van der Waals surface area (Å²) >= 11 is 39.0. The molecule has 0 aromatic heterocycles. The van der Waals surface area contributed by atoms with Crippen molar-refractivity contribution in [3.8, 4) is 0 Å². The van der Waals surface area contributed by atoms with Crippen molar-refractivity contribution >= 4 is 69.6 Å². The molecule has 4 rings (SSSR count). The maximum atomic E-state index is 10.2. The molecule has 4 bridgehead atoms. The van der Waals surface area contributed by atoms with E-state index in [0.717, 1.165) is 0 Å². The Morgan fingerprint density at radius 3 is 1.50 bits per heavy atom. The summed E-state index contributed by atoms with van der Waals surface area (Å²) in [6.07, 6.45) is -1.09. The second kappa shape index (κ2) is 3.89. The molecule has 4 aliphatic carbocycles. The zero-order chi connectivity index (χ0) is 14.8. The SMILES string of the molecule is O[C@H]1C2CC(C3C2C2(Cl)C(Cl)=C(Cl)C3(Cl)C2(Cl)Cl)[C@@H]1O. The topological polar surface area (TPSA) is 40.5 Å². The molecule has 112 valence electrons. The van der Waals surface area contributed by atoms with Gasteiger partial charge in [-0.3, -0.25) is 0 Å². The first-order chi connectivity index (χ1) is 9.11. The summed E-state index contributed by atoms with van der Waals surface area (Å²) in [5.74, 6) is -1.05. The van der Waals surface area contributed by atoms with Crippen LogP contribution in [0.4, 0.5) is 0 Å². The number of aliphatic hydroxyl groups excluding tert-OH is 2. The van der Waals surface area contributed by atoms with Crippen LogP contribution in [0.15, 0.2) is 10.1 Å². The van der Waals surface area contributed by atoms with Crippen LogP contribution in [0, 0.1) is 23.7 Å². The largest absolute Gasteiger partial charge is 0.390 e. The Balaban J connectivity index is 1.98. The van der Waals surface area contributed by atoms with Crippen LogP contribution < -0.4 is 0 Å². The van der Waals surface area contributed by atoms with E-state index < -0.39 is 26.3 Å². The summed E-state index contributed by atoms with van der Waals surface area (Å²) in [7, 11) is 0. The number of alkyl halides is 4. The molecule has 0 aromatic rings. The van der Waals surface area contributed by atoms with Crippen molar-refractivity contribution in [3.05, 3.63) is 10.1 Å². The summed E-state index contributed by atoms with van der Waals surface area (Å²) in [6.45, 7) is 0. The molecule has 4 aliphatic rings. The number of allylic oxidation sites excluding steroid dienone is 2. The summed E-state index contributed by atoms with van der Waals surface area (Å²) in [6, 6.07) is 0. The second-order valence-corrected chi connectivity index (χ2v) is 9.50. The van der Waals surface area contributed by atoms with E-state index in [1.807, 2.05) is 0 Å². The van der Waals surface area contributed by atoms with Crippen molar-refractivity contribution in [2.24, 2.45) is 23.7 Å². The summed E-state index contributed by atoms with van der Waals surface area (Å²) < 4.78 is -1.58. The van der Waals surface area contributed by atoms with E-state index in [1.165, 1.54) is 0 Å². The highest BCUT2D eigenvalue weighted by Crippen LogP contribution is 2.82. The molecule has 3 fully saturated rings. The number of halogens is 6. The minimum absolute atomic E-state index is 0.163. The average Bonchev–Trinajstić information content (AvgIpc) is 2.97. The second-order valence-electron chi connectivity index (χ2n) is 6.22. The normalized spacial score (nSPS) is 62.4. The van der Waals surface area contributed by atoms with Crippen molar-refractivity contribution < 1.29 is 10.2 Å². The number of rotatable bonds is 0.